The first-order chi connectivity index (χ1) is 8.45. The number of aliphatic hydroxyl groups excluding tert-OH is 2. The van der Waals surface area contributed by atoms with Gasteiger partial charge < -0.3 is 20.7 Å². The Morgan fingerprint density at radius 3 is 2.83 bits per heavy atom. The fraction of sp³-hybridized carbons (Fsp3) is 0.556. The molecular formula is C9H11F2N3O3S. The molecule has 1 saturated heterocycles. The number of hydrogen-bond donors (Lipinski definition) is 3. The first-order valence-electron chi connectivity index (χ1n) is 5.08. The van der Waals surface area contributed by atoms with E-state index >= 15 is 0 Å². The summed E-state index contributed by atoms with van der Waals surface area (Å²) in [5.41, 5.74) is 5.22. The Balaban J connectivity index is 2.39. The van der Waals surface area contributed by atoms with E-state index in [1.807, 2.05) is 0 Å². The summed E-state index contributed by atoms with van der Waals surface area (Å²) in [6, 6.07) is 0. The Bertz CT molecular complexity index is 512. The SMILES string of the molecule is Nc1nc(=S)n([C@@H]2O[C@H](CO)C(F)[C@@H]2O)cc1F. The molecule has 0 bridgehead atoms. The second kappa shape index (κ2) is 4.84. The van der Waals surface area contributed by atoms with E-state index in [0.29, 0.717) is 0 Å². The molecule has 6 nitrogen and oxygen atoms in total. The number of rotatable bonds is 2. The lowest BCUT2D eigenvalue weighted by molar-refractivity contribution is -0.0531. The van der Waals surface area contributed by atoms with Crippen LogP contribution in [0.25, 0.3) is 0 Å². The molecule has 0 saturated carbocycles. The highest BCUT2D eigenvalue weighted by Crippen LogP contribution is 2.31. The topological polar surface area (TPSA) is 93.5 Å². The number of anilines is 1. The number of alkyl halides is 1. The van der Waals surface area contributed by atoms with Gasteiger partial charge in [0, 0.05) is 6.20 Å². The molecule has 9 heteroatoms. The van der Waals surface area contributed by atoms with Crippen LogP contribution in [0.1, 0.15) is 6.23 Å². The van der Waals surface area contributed by atoms with Gasteiger partial charge in [0.25, 0.3) is 0 Å². The van der Waals surface area contributed by atoms with Crippen LogP contribution in [0.15, 0.2) is 6.20 Å². The Hall–Kier alpha value is -1.16. The highest BCUT2D eigenvalue weighted by atomic mass is 32.1. The van der Waals surface area contributed by atoms with Crippen molar-refractivity contribution in [3.05, 3.63) is 16.8 Å². The monoisotopic (exact) mass is 279 g/mol. The van der Waals surface area contributed by atoms with Gasteiger partial charge in [-0.25, -0.2) is 8.78 Å². The quantitative estimate of drug-likeness (QED) is 0.656. The van der Waals surface area contributed by atoms with Crippen molar-refractivity contribution < 1.29 is 23.7 Å². The average molecular weight is 279 g/mol. The summed E-state index contributed by atoms with van der Waals surface area (Å²) in [6.07, 6.45) is -4.91. The van der Waals surface area contributed by atoms with Gasteiger partial charge in [-0.1, -0.05) is 0 Å². The zero-order valence-corrected chi connectivity index (χ0v) is 9.85. The van der Waals surface area contributed by atoms with E-state index in [0.717, 1.165) is 10.8 Å². The minimum atomic E-state index is -1.79. The highest BCUT2D eigenvalue weighted by Gasteiger charge is 2.45. The van der Waals surface area contributed by atoms with E-state index in [1.54, 1.807) is 0 Å². The number of hydrogen-bond acceptors (Lipinski definition) is 6. The van der Waals surface area contributed by atoms with Crippen molar-refractivity contribution in [2.24, 2.45) is 0 Å². The fourth-order valence-electron chi connectivity index (χ4n) is 1.73. The van der Waals surface area contributed by atoms with Gasteiger partial charge in [0.15, 0.2) is 24.0 Å². The summed E-state index contributed by atoms with van der Waals surface area (Å²) in [6.45, 7) is -0.604. The molecule has 1 aromatic rings. The van der Waals surface area contributed by atoms with Crippen LogP contribution in [-0.2, 0) is 4.74 Å². The summed E-state index contributed by atoms with van der Waals surface area (Å²) in [7, 11) is 0. The molecule has 1 unspecified atom stereocenters. The normalized spacial score (nSPS) is 31.8. The molecule has 1 fully saturated rings. The van der Waals surface area contributed by atoms with Crippen LogP contribution in [-0.4, -0.2) is 44.8 Å². The van der Waals surface area contributed by atoms with E-state index < -0.39 is 37.0 Å². The lowest BCUT2D eigenvalue weighted by atomic mass is 10.1. The standard InChI is InChI=1S/C9H11F2N3O3S/c10-3-1-14(9(18)13-7(3)12)8-6(16)5(11)4(2-15)17-8/h1,4-6,8,15-16H,2H2,(H2,12,13,18)/t4-,5?,6+,8-/m1/s1. The Kier molecular flexibility index (Phi) is 3.57. The first kappa shape index (κ1) is 13.3. The van der Waals surface area contributed by atoms with Crippen molar-refractivity contribution in [2.75, 3.05) is 12.3 Å². The summed E-state index contributed by atoms with van der Waals surface area (Å²) in [5.74, 6) is -1.25. The lowest BCUT2D eigenvalue weighted by Gasteiger charge is -2.18. The number of ether oxygens (including phenoxy) is 1. The molecule has 0 radical (unpaired) electrons. The number of nitrogens with two attached hydrogens (primary N) is 1. The van der Waals surface area contributed by atoms with E-state index in [2.05, 4.69) is 4.98 Å². The second-order valence-corrected chi connectivity index (χ2v) is 4.21. The van der Waals surface area contributed by atoms with Crippen molar-refractivity contribution >= 4 is 18.0 Å². The summed E-state index contributed by atoms with van der Waals surface area (Å²) in [4.78, 5) is 3.53. The number of aromatic nitrogens is 2. The summed E-state index contributed by atoms with van der Waals surface area (Å²) in [5, 5.41) is 18.5. The van der Waals surface area contributed by atoms with Crippen LogP contribution in [0.4, 0.5) is 14.6 Å². The average Bonchev–Trinajstić information content (AvgIpc) is 2.61. The maximum absolute atomic E-state index is 13.5. The number of nitrogen functional groups attached to an aromatic ring is 1. The van der Waals surface area contributed by atoms with Crippen molar-refractivity contribution in [1.29, 1.82) is 0 Å². The minimum absolute atomic E-state index is 0.149. The summed E-state index contributed by atoms with van der Waals surface area (Å²) >= 11 is 4.83. The maximum atomic E-state index is 13.5. The van der Waals surface area contributed by atoms with Crippen molar-refractivity contribution in [2.45, 2.75) is 24.6 Å². The van der Waals surface area contributed by atoms with Crippen molar-refractivity contribution in [3.63, 3.8) is 0 Å². The minimum Gasteiger partial charge on any atom is -0.394 e. The molecule has 0 amide bonds. The molecule has 4 N–H and O–H groups in total. The Labute approximate surface area is 106 Å². The van der Waals surface area contributed by atoms with E-state index in [-0.39, 0.29) is 10.6 Å². The fourth-order valence-corrected chi connectivity index (χ4v) is 1.98. The smallest absolute Gasteiger partial charge is 0.203 e. The molecule has 1 aromatic heterocycles. The first-order valence-corrected chi connectivity index (χ1v) is 5.49. The van der Waals surface area contributed by atoms with Crippen molar-refractivity contribution in [3.8, 4) is 0 Å². The maximum Gasteiger partial charge on any atom is 0.203 e. The molecule has 100 valence electrons. The van der Waals surface area contributed by atoms with Gasteiger partial charge >= 0.3 is 0 Å². The van der Waals surface area contributed by atoms with Crippen LogP contribution in [0.2, 0.25) is 0 Å². The predicted molar refractivity (Wildman–Crippen MR) is 59.3 cm³/mol. The molecule has 4 atom stereocenters. The van der Waals surface area contributed by atoms with Gasteiger partial charge in [-0.15, -0.1) is 0 Å². The van der Waals surface area contributed by atoms with E-state index in [1.165, 1.54) is 0 Å². The van der Waals surface area contributed by atoms with Crippen LogP contribution in [0, 0.1) is 10.6 Å². The number of aliphatic hydroxyl groups is 2. The molecule has 1 aliphatic heterocycles. The van der Waals surface area contributed by atoms with Gasteiger partial charge in [0.1, 0.15) is 12.2 Å². The third-order valence-corrected chi connectivity index (χ3v) is 2.98. The van der Waals surface area contributed by atoms with Gasteiger partial charge in [-0.05, 0) is 12.2 Å². The second-order valence-electron chi connectivity index (χ2n) is 3.85. The Morgan fingerprint density at radius 1 is 1.61 bits per heavy atom. The third kappa shape index (κ3) is 2.09. The van der Waals surface area contributed by atoms with E-state index in [4.69, 9.17) is 27.8 Å². The lowest BCUT2D eigenvalue weighted by Crippen LogP contribution is -2.29. The molecule has 0 aliphatic carbocycles. The molecule has 0 aromatic carbocycles. The summed E-state index contributed by atoms with van der Waals surface area (Å²) < 4.78 is 32.7. The van der Waals surface area contributed by atoms with Gasteiger partial charge in [0.2, 0.25) is 4.77 Å². The van der Waals surface area contributed by atoms with Crippen LogP contribution < -0.4 is 5.73 Å². The van der Waals surface area contributed by atoms with Gasteiger partial charge in [0.05, 0.1) is 6.61 Å². The molecule has 1 aliphatic rings. The molecule has 18 heavy (non-hydrogen) atoms. The van der Waals surface area contributed by atoms with E-state index in [9.17, 15) is 13.9 Å². The van der Waals surface area contributed by atoms with Crippen LogP contribution in [0.5, 0.6) is 0 Å². The Morgan fingerprint density at radius 2 is 2.28 bits per heavy atom. The number of nitrogens with zero attached hydrogens (tertiary/aromatic N) is 2. The molecule has 2 rings (SSSR count). The van der Waals surface area contributed by atoms with Crippen LogP contribution in [0.3, 0.4) is 0 Å². The highest BCUT2D eigenvalue weighted by molar-refractivity contribution is 7.71. The molecule has 0 spiro atoms. The largest absolute Gasteiger partial charge is 0.394 e. The molecular weight excluding hydrogens is 268 g/mol. The molecule has 2 heterocycles. The van der Waals surface area contributed by atoms with Crippen molar-refractivity contribution in [1.82, 2.24) is 9.55 Å². The number of halogens is 2. The van der Waals surface area contributed by atoms with Gasteiger partial charge in [-0.2, -0.15) is 4.98 Å². The third-order valence-electron chi connectivity index (χ3n) is 2.68. The van der Waals surface area contributed by atoms with Crippen LogP contribution >= 0.6 is 12.2 Å². The zero-order valence-electron chi connectivity index (χ0n) is 9.03. The zero-order chi connectivity index (χ0) is 13.4. The van der Waals surface area contributed by atoms with Gasteiger partial charge in [-0.3, -0.25) is 4.57 Å². The predicted octanol–water partition coefficient (Wildman–Crippen LogP) is -0.0774.